The van der Waals surface area contributed by atoms with Crippen molar-refractivity contribution in [3.63, 3.8) is 0 Å². The van der Waals surface area contributed by atoms with E-state index in [0.717, 1.165) is 0 Å². The predicted octanol–water partition coefficient (Wildman–Crippen LogP) is 1.28. The second-order valence-electron chi connectivity index (χ2n) is 8.10. The highest BCUT2D eigenvalue weighted by atomic mass is 19.1. The van der Waals surface area contributed by atoms with E-state index in [1.165, 1.54) is 35.8 Å². The molecule has 0 bridgehead atoms. The molecule has 3 heterocycles. The van der Waals surface area contributed by atoms with Crippen LogP contribution in [0.1, 0.15) is 48.1 Å². The molecular weight excluding hydrogens is 419 g/mol. The summed E-state index contributed by atoms with van der Waals surface area (Å²) in [6.07, 6.45) is 1.42. The highest BCUT2D eigenvalue weighted by molar-refractivity contribution is 5.94. The van der Waals surface area contributed by atoms with Crippen molar-refractivity contribution in [1.82, 2.24) is 19.8 Å². The zero-order chi connectivity index (χ0) is 22.9. The summed E-state index contributed by atoms with van der Waals surface area (Å²) in [7, 11) is 0. The van der Waals surface area contributed by atoms with Crippen molar-refractivity contribution in [2.45, 2.75) is 44.9 Å². The van der Waals surface area contributed by atoms with Crippen LogP contribution in [0.15, 0.2) is 29.1 Å². The molecule has 0 saturated carbocycles. The second kappa shape index (κ2) is 8.70. The van der Waals surface area contributed by atoms with Gasteiger partial charge in [-0.05, 0) is 24.1 Å². The Hall–Kier alpha value is -3.27. The summed E-state index contributed by atoms with van der Waals surface area (Å²) in [5.74, 6) is -1.56. The number of aromatic nitrogens is 2. The third kappa shape index (κ3) is 4.10. The van der Waals surface area contributed by atoms with E-state index in [4.69, 9.17) is 4.74 Å². The first-order valence-electron chi connectivity index (χ1n) is 10.6. The number of benzene rings is 1. The molecule has 0 aliphatic carbocycles. The van der Waals surface area contributed by atoms with Crippen LogP contribution in [0.25, 0.3) is 0 Å². The molecule has 2 aliphatic rings. The Morgan fingerprint density at radius 1 is 1.22 bits per heavy atom. The SMILES string of the molecule is CC(=O)N1CCC2(CC1)OCCCn1c2nc(C(=O)NCc2ccc(F)cc2)c(O)c1=O. The van der Waals surface area contributed by atoms with Gasteiger partial charge in [0, 0.05) is 52.6 Å². The van der Waals surface area contributed by atoms with E-state index in [0.29, 0.717) is 56.9 Å². The average Bonchev–Trinajstić information content (AvgIpc) is 2.95. The first-order chi connectivity index (χ1) is 15.3. The fraction of sp³-hybridized carbons (Fsp3) is 0.455. The molecule has 2 amide bonds. The van der Waals surface area contributed by atoms with Crippen LogP contribution in [0.3, 0.4) is 0 Å². The maximum atomic E-state index is 13.1. The minimum absolute atomic E-state index is 0.0367. The number of hydrogen-bond donors (Lipinski definition) is 2. The van der Waals surface area contributed by atoms with Gasteiger partial charge in [0.25, 0.3) is 11.5 Å². The smallest absolute Gasteiger partial charge is 0.296 e. The summed E-state index contributed by atoms with van der Waals surface area (Å²) < 4.78 is 20.6. The molecule has 2 aromatic rings. The topological polar surface area (TPSA) is 114 Å². The second-order valence-corrected chi connectivity index (χ2v) is 8.10. The van der Waals surface area contributed by atoms with Crippen molar-refractivity contribution in [3.05, 3.63) is 57.5 Å². The van der Waals surface area contributed by atoms with E-state index >= 15 is 0 Å². The van der Waals surface area contributed by atoms with Crippen LogP contribution < -0.4 is 10.9 Å². The number of likely N-dealkylation sites (tertiary alicyclic amines) is 1. The summed E-state index contributed by atoms with van der Waals surface area (Å²) in [6.45, 7) is 3.18. The zero-order valence-corrected chi connectivity index (χ0v) is 17.8. The molecule has 2 N–H and O–H groups in total. The number of amides is 2. The van der Waals surface area contributed by atoms with Gasteiger partial charge in [0.05, 0.1) is 0 Å². The van der Waals surface area contributed by atoms with Gasteiger partial charge in [-0.3, -0.25) is 19.0 Å². The molecule has 1 aromatic carbocycles. The number of carbonyl (C=O) groups is 2. The van der Waals surface area contributed by atoms with Crippen LogP contribution in [-0.2, 0) is 28.2 Å². The van der Waals surface area contributed by atoms with Crippen LogP contribution >= 0.6 is 0 Å². The number of aromatic hydroxyl groups is 1. The monoisotopic (exact) mass is 444 g/mol. The van der Waals surface area contributed by atoms with Gasteiger partial charge in [-0.1, -0.05) is 12.1 Å². The van der Waals surface area contributed by atoms with Crippen molar-refractivity contribution in [2.24, 2.45) is 0 Å². The summed E-state index contributed by atoms with van der Waals surface area (Å²) in [6, 6.07) is 5.61. The minimum Gasteiger partial charge on any atom is -0.501 e. The van der Waals surface area contributed by atoms with Gasteiger partial charge in [-0.2, -0.15) is 0 Å². The summed E-state index contributed by atoms with van der Waals surface area (Å²) >= 11 is 0. The number of piperidine rings is 1. The van der Waals surface area contributed by atoms with E-state index in [9.17, 15) is 23.9 Å². The lowest BCUT2D eigenvalue weighted by Crippen LogP contribution is -2.48. The highest BCUT2D eigenvalue weighted by Crippen LogP contribution is 2.37. The Morgan fingerprint density at radius 2 is 1.91 bits per heavy atom. The quantitative estimate of drug-likeness (QED) is 0.737. The van der Waals surface area contributed by atoms with Gasteiger partial charge in [-0.25, -0.2) is 9.37 Å². The molecular formula is C22H25FN4O5. The van der Waals surface area contributed by atoms with Gasteiger partial charge in [0.1, 0.15) is 17.2 Å². The molecule has 32 heavy (non-hydrogen) atoms. The van der Waals surface area contributed by atoms with Crippen LogP contribution in [0.4, 0.5) is 4.39 Å². The third-order valence-corrected chi connectivity index (χ3v) is 6.06. The lowest BCUT2D eigenvalue weighted by atomic mass is 9.89. The largest absolute Gasteiger partial charge is 0.501 e. The number of nitrogens with zero attached hydrogens (tertiary/aromatic N) is 3. The molecule has 1 aromatic heterocycles. The predicted molar refractivity (Wildman–Crippen MR) is 111 cm³/mol. The first kappa shape index (κ1) is 21.9. The van der Waals surface area contributed by atoms with Crippen molar-refractivity contribution in [2.75, 3.05) is 19.7 Å². The van der Waals surface area contributed by atoms with Gasteiger partial charge >= 0.3 is 0 Å². The molecule has 1 fully saturated rings. The van der Waals surface area contributed by atoms with Crippen LogP contribution in [0.2, 0.25) is 0 Å². The van der Waals surface area contributed by atoms with E-state index in [1.807, 2.05) is 0 Å². The summed E-state index contributed by atoms with van der Waals surface area (Å²) in [4.78, 5) is 43.6. The van der Waals surface area contributed by atoms with Crippen molar-refractivity contribution >= 4 is 11.8 Å². The van der Waals surface area contributed by atoms with Crippen molar-refractivity contribution in [3.8, 4) is 5.75 Å². The fourth-order valence-electron chi connectivity index (χ4n) is 4.23. The number of halogens is 1. The van der Waals surface area contributed by atoms with Crippen molar-refractivity contribution in [1.29, 1.82) is 0 Å². The highest BCUT2D eigenvalue weighted by Gasteiger charge is 2.43. The molecule has 0 atom stereocenters. The zero-order valence-electron chi connectivity index (χ0n) is 17.8. The standard InChI is InChI=1S/C22H25FN4O5/c1-14(28)26-10-7-22(8-11-26)21-25-17(18(29)20(31)27(21)9-2-12-32-22)19(30)24-13-15-3-5-16(23)6-4-15/h3-6,29H,2,7-13H2,1H3,(H,24,30). The Balaban J connectivity index is 1.65. The molecule has 0 radical (unpaired) electrons. The van der Waals surface area contributed by atoms with Gasteiger partial charge < -0.3 is 20.1 Å². The normalized spacial score (nSPS) is 17.5. The molecule has 2 aliphatic heterocycles. The molecule has 1 spiro atoms. The minimum atomic E-state index is -0.915. The summed E-state index contributed by atoms with van der Waals surface area (Å²) in [5, 5.41) is 13.1. The Labute approximate surface area is 183 Å². The molecule has 10 heteroatoms. The van der Waals surface area contributed by atoms with E-state index in [2.05, 4.69) is 10.3 Å². The Bertz CT molecular complexity index is 1090. The number of fused-ring (bicyclic) bond motifs is 2. The maximum absolute atomic E-state index is 13.1. The Morgan fingerprint density at radius 3 is 2.56 bits per heavy atom. The number of hydrogen-bond acceptors (Lipinski definition) is 6. The first-order valence-corrected chi connectivity index (χ1v) is 10.6. The van der Waals surface area contributed by atoms with Gasteiger partial charge in [0.15, 0.2) is 5.69 Å². The lowest BCUT2D eigenvalue weighted by molar-refractivity contribution is -0.137. The molecule has 170 valence electrons. The molecule has 1 saturated heterocycles. The fourth-order valence-corrected chi connectivity index (χ4v) is 4.23. The average molecular weight is 444 g/mol. The van der Waals surface area contributed by atoms with Crippen LogP contribution in [0, 0.1) is 5.82 Å². The number of rotatable bonds is 3. The van der Waals surface area contributed by atoms with E-state index in [-0.39, 0.29) is 24.0 Å². The molecule has 9 nitrogen and oxygen atoms in total. The molecule has 0 unspecified atom stereocenters. The lowest BCUT2D eigenvalue weighted by Gasteiger charge is -2.40. The number of ether oxygens (including phenoxy) is 1. The van der Waals surface area contributed by atoms with Crippen LogP contribution in [0.5, 0.6) is 5.75 Å². The van der Waals surface area contributed by atoms with Crippen LogP contribution in [-0.4, -0.2) is 51.1 Å². The summed E-state index contributed by atoms with van der Waals surface area (Å²) in [5.41, 5.74) is -1.33. The van der Waals surface area contributed by atoms with E-state index in [1.54, 1.807) is 4.90 Å². The Kier molecular flexibility index (Phi) is 5.96. The van der Waals surface area contributed by atoms with E-state index < -0.39 is 22.8 Å². The van der Waals surface area contributed by atoms with Gasteiger partial charge in [0.2, 0.25) is 11.7 Å². The number of nitrogens with one attached hydrogen (secondary N) is 1. The number of carbonyl (C=O) groups excluding carboxylic acids is 2. The van der Waals surface area contributed by atoms with Gasteiger partial charge in [-0.15, -0.1) is 0 Å². The third-order valence-electron chi connectivity index (χ3n) is 6.06. The molecule has 4 rings (SSSR count). The van der Waals surface area contributed by atoms with Crippen molar-refractivity contribution < 1.29 is 23.8 Å². The maximum Gasteiger partial charge on any atom is 0.296 e.